The van der Waals surface area contributed by atoms with Gasteiger partial charge >= 0.3 is 0 Å². The molecule has 0 radical (unpaired) electrons. The minimum Gasteiger partial charge on any atom is -0.349 e. The van der Waals surface area contributed by atoms with E-state index in [2.05, 4.69) is 59.6 Å². The number of nitrogens with zero attached hydrogens (tertiary/aromatic N) is 1. The van der Waals surface area contributed by atoms with Crippen LogP contribution in [0.1, 0.15) is 41.7 Å². The molecular formula is C24H26N2O. The van der Waals surface area contributed by atoms with Crippen molar-refractivity contribution in [2.24, 2.45) is 0 Å². The van der Waals surface area contributed by atoms with Gasteiger partial charge in [0.2, 0.25) is 0 Å². The minimum atomic E-state index is 0.0385. The summed E-state index contributed by atoms with van der Waals surface area (Å²) in [6.07, 6.45) is 1.99. The Morgan fingerprint density at radius 2 is 1.59 bits per heavy atom. The third-order valence-corrected chi connectivity index (χ3v) is 5.70. The van der Waals surface area contributed by atoms with Crippen molar-refractivity contribution in [2.75, 3.05) is 13.1 Å². The zero-order valence-electron chi connectivity index (χ0n) is 15.8. The zero-order valence-corrected chi connectivity index (χ0v) is 15.8. The summed E-state index contributed by atoms with van der Waals surface area (Å²) in [6, 6.07) is 25.4. The molecule has 1 aliphatic rings. The largest absolute Gasteiger partial charge is 0.349 e. The lowest BCUT2D eigenvalue weighted by atomic mass is 9.98. The summed E-state index contributed by atoms with van der Waals surface area (Å²) in [5, 5.41) is 5.78. The lowest BCUT2D eigenvalue weighted by Gasteiger charge is -2.36. The monoisotopic (exact) mass is 358 g/mol. The van der Waals surface area contributed by atoms with Gasteiger partial charge in [-0.3, -0.25) is 9.69 Å². The predicted molar refractivity (Wildman–Crippen MR) is 111 cm³/mol. The van der Waals surface area contributed by atoms with E-state index in [4.69, 9.17) is 0 Å². The second kappa shape index (κ2) is 7.93. The van der Waals surface area contributed by atoms with E-state index < -0.39 is 0 Å². The topological polar surface area (TPSA) is 32.3 Å². The number of hydrogen-bond donors (Lipinski definition) is 1. The average Bonchev–Trinajstić information content (AvgIpc) is 2.74. The summed E-state index contributed by atoms with van der Waals surface area (Å²) in [4.78, 5) is 14.9. The molecule has 1 fully saturated rings. The standard InChI is InChI=1S/C24H26N2O/c1-18(21-12-11-19-7-5-6-10-22(19)17-21)26-15-13-23(14-16-26)25-24(27)20-8-3-2-4-9-20/h2-12,17-18,23H,13-16H2,1H3,(H,25,27)/t18-/m1/s1. The summed E-state index contributed by atoms with van der Waals surface area (Å²) in [5.41, 5.74) is 2.10. The van der Waals surface area contributed by atoms with E-state index in [1.54, 1.807) is 0 Å². The summed E-state index contributed by atoms with van der Waals surface area (Å²) in [6.45, 7) is 4.30. The van der Waals surface area contributed by atoms with Crippen molar-refractivity contribution >= 4 is 16.7 Å². The van der Waals surface area contributed by atoms with Gasteiger partial charge in [0.15, 0.2) is 0 Å². The first-order chi connectivity index (χ1) is 13.2. The SMILES string of the molecule is C[C@H](c1ccc2ccccc2c1)N1CCC(NC(=O)c2ccccc2)CC1. The molecule has 1 atom stereocenters. The number of likely N-dealkylation sites (tertiary alicyclic amines) is 1. The van der Waals surface area contributed by atoms with E-state index in [1.165, 1.54) is 16.3 Å². The molecule has 3 aromatic carbocycles. The molecule has 138 valence electrons. The molecule has 0 spiro atoms. The number of fused-ring (bicyclic) bond motifs is 1. The highest BCUT2D eigenvalue weighted by molar-refractivity contribution is 5.94. The van der Waals surface area contributed by atoms with E-state index in [9.17, 15) is 4.79 Å². The van der Waals surface area contributed by atoms with Gasteiger partial charge < -0.3 is 5.32 Å². The molecule has 27 heavy (non-hydrogen) atoms. The zero-order chi connectivity index (χ0) is 18.6. The first-order valence-corrected chi connectivity index (χ1v) is 9.79. The van der Waals surface area contributed by atoms with Crippen molar-refractivity contribution in [3.63, 3.8) is 0 Å². The molecule has 0 unspecified atom stereocenters. The minimum absolute atomic E-state index is 0.0385. The molecule has 0 saturated carbocycles. The van der Waals surface area contributed by atoms with Crippen molar-refractivity contribution in [1.82, 2.24) is 10.2 Å². The van der Waals surface area contributed by atoms with Crippen LogP contribution in [0.25, 0.3) is 10.8 Å². The van der Waals surface area contributed by atoms with Crippen molar-refractivity contribution in [1.29, 1.82) is 0 Å². The molecule has 0 aliphatic carbocycles. The van der Waals surface area contributed by atoms with E-state index in [0.717, 1.165) is 31.5 Å². The number of piperidine rings is 1. The van der Waals surface area contributed by atoms with Gasteiger partial charge in [-0.25, -0.2) is 0 Å². The van der Waals surface area contributed by atoms with Gasteiger partial charge in [-0.2, -0.15) is 0 Å². The first-order valence-electron chi connectivity index (χ1n) is 9.79. The fourth-order valence-corrected chi connectivity index (χ4v) is 3.97. The summed E-state index contributed by atoms with van der Waals surface area (Å²) >= 11 is 0. The Hall–Kier alpha value is -2.65. The van der Waals surface area contributed by atoms with Crippen LogP contribution in [-0.2, 0) is 0 Å². The molecule has 1 amide bonds. The molecule has 3 nitrogen and oxygen atoms in total. The number of hydrogen-bond acceptors (Lipinski definition) is 2. The molecule has 4 rings (SSSR count). The third-order valence-electron chi connectivity index (χ3n) is 5.70. The van der Waals surface area contributed by atoms with Crippen LogP contribution in [0, 0.1) is 0 Å². The highest BCUT2D eigenvalue weighted by atomic mass is 16.1. The number of carbonyl (C=O) groups excluding carboxylic acids is 1. The number of amides is 1. The number of benzene rings is 3. The Morgan fingerprint density at radius 3 is 2.33 bits per heavy atom. The van der Waals surface area contributed by atoms with Gasteiger partial charge in [0, 0.05) is 30.7 Å². The second-order valence-electron chi connectivity index (χ2n) is 7.43. The highest BCUT2D eigenvalue weighted by Crippen LogP contribution is 2.27. The van der Waals surface area contributed by atoms with Gasteiger partial charge in [0.25, 0.3) is 5.91 Å². The molecule has 1 saturated heterocycles. The van der Waals surface area contributed by atoms with E-state index in [1.807, 2.05) is 30.3 Å². The van der Waals surface area contributed by atoms with Gasteiger partial charge in [-0.05, 0) is 54.3 Å². The smallest absolute Gasteiger partial charge is 0.251 e. The van der Waals surface area contributed by atoms with Crippen LogP contribution in [-0.4, -0.2) is 29.9 Å². The molecule has 0 bridgehead atoms. The van der Waals surface area contributed by atoms with Crippen molar-refractivity contribution in [3.8, 4) is 0 Å². The Bertz CT molecular complexity index is 914. The van der Waals surface area contributed by atoms with Gasteiger partial charge in [0.05, 0.1) is 0 Å². The third kappa shape index (κ3) is 4.04. The quantitative estimate of drug-likeness (QED) is 0.727. The van der Waals surface area contributed by atoms with Crippen LogP contribution in [0.5, 0.6) is 0 Å². The summed E-state index contributed by atoms with van der Waals surface area (Å²) < 4.78 is 0. The molecular weight excluding hydrogens is 332 g/mol. The lowest BCUT2D eigenvalue weighted by molar-refractivity contribution is 0.0896. The van der Waals surface area contributed by atoms with Crippen molar-refractivity contribution in [3.05, 3.63) is 83.9 Å². The Balaban J connectivity index is 1.36. The molecule has 3 aromatic rings. The lowest BCUT2D eigenvalue weighted by Crippen LogP contribution is -2.45. The maximum absolute atomic E-state index is 12.3. The van der Waals surface area contributed by atoms with Crippen molar-refractivity contribution < 1.29 is 4.79 Å². The van der Waals surface area contributed by atoms with Crippen molar-refractivity contribution in [2.45, 2.75) is 31.8 Å². The molecule has 1 N–H and O–H groups in total. The fraction of sp³-hybridized carbons (Fsp3) is 0.292. The second-order valence-corrected chi connectivity index (χ2v) is 7.43. The number of carbonyl (C=O) groups is 1. The van der Waals surface area contributed by atoms with Crippen LogP contribution < -0.4 is 5.32 Å². The van der Waals surface area contributed by atoms with Crippen LogP contribution in [0.15, 0.2) is 72.8 Å². The Kier molecular flexibility index (Phi) is 5.21. The Morgan fingerprint density at radius 1 is 0.926 bits per heavy atom. The Labute approximate surface area is 161 Å². The molecule has 1 heterocycles. The fourth-order valence-electron chi connectivity index (χ4n) is 3.97. The highest BCUT2D eigenvalue weighted by Gasteiger charge is 2.24. The maximum Gasteiger partial charge on any atom is 0.251 e. The predicted octanol–water partition coefficient (Wildman–Crippen LogP) is 4.80. The van der Waals surface area contributed by atoms with Crippen LogP contribution >= 0.6 is 0 Å². The first kappa shape index (κ1) is 17.7. The van der Waals surface area contributed by atoms with E-state index in [-0.39, 0.29) is 11.9 Å². The molecule has 3 heteroatoms. The van der Waals surface area contributed by atoms with Crippen LogP contribution in [0.3, 0.4) is 0 Å². The van der Waals surface area contributed by atoms with Gasteiger partial charge in [0.1, 0.15) is 0 Å². The number of nitrogens with one attached hydrogen (secondary N) is 1. The average molecular weight is 358 g/mol. The summed E-state index contributed by atoms with van der Waals surface area (Å²) in [7, 11) is 0. The maximum atomic E-state index is 12.3. The van der Waals surface area contributed by atoms with Crippen LogP contribution in [0.2, 0.25) is 0 Å². The molecule has 0 aromatic heterocycles. The van der Waals surface area contributed by atoms with Crippen LogP contribution in [0.4, 0.5) is 0 Å². The normalized spacial score (nSPS) is 16.9. The molecule has 1 aliphatic heterocycles. The van der Waals surface area contributed by atoms with Gasteiger partial charge in [-0.1, -0.05) is 54.6 Å². The van der Waals surface area contributed by atoms with E-state index in [0.29, 0.717) is 6.04 Å². The van der Waals surface area contributed by atoms with Gasteiger partial charge in [-0.15, -0.1) is 0 Å². The number of rotatable bonds is 4. The summed E-state index contributed by atoms with van der Waals surface area (Å²) in [5.74, 6) is 0.0385. The van der Waals surface area contributed by atoms with E-state index >= 15 is 0 Å².